The highest BCUT2D eigenvalue weighted by molar-refractivity contribution is 5.69. The molecule has 32 heavy (non-hydrogen) atoms. The average Bonchev–Trinajstić information content (AvgIpc) is 3.32. The van der Waals surface area contributed by atoms with E-state index in [9.17, 15) is 15.0 Å². The van der Waals surface area contributed by atoms with Crippen LogP contribution in [0.1, 0.15) is 92.9 Å². The first-order chi connectivity index (χ1) is 14.8. The van der Waals surface area contributed by atoms with Crippen LogP contribution in [0, 0.1) is 56.7 Å². The van der Waals surface area contributed by atoms with Gasteiger partial charge in [0.1, 0.15) is 0 Å². The first-order valence-electron chi connectivity index (χ1n) is 13.2. The Hall–Kier alpha value is -0.610. The highest BCUT2D eigenvalue weighted by Gasteiger charge is 2.83. The summed E-state index contributed by atoms with van der Waals surface area (Å²) in [5.74, 6) is 1.60. The molecule has 4 nitrogen and oxygen atoms in total. The van der Waals surface area contributed by atoms with E-state index in [1.807, 2.05) is 0 Å². The highest BCUT2D eigenvalue weighted by atomic mass is 16.5. The van der Waals surface area contributed by atoms with E-state index in [4.69, 9.17) is 4.74 Å². The zero-order chi connectivity index (χ0) is 23.5. The van der Waals surface area contributed by atoms with Crippen LogP contribution in [0.2, 0.25) is 0 Å². The molecule has 0 radical (unpaired) electrons. The first-order valence-corrected chi connectivity index (χ1v) is 13.2. The number of hydrogen-bond acceptors (Lipinski definition) is 4. The molecule has 0 bridgehead atoms. The van der Waals surface area contributed by atoms with Crippen molar-refractivity contribution in [1.29, 1.82) is 0 Å². The van der Waals surface area contributed by atoms with Gasteiger partial charge in [-0.2, -0.15) is 0 Å². The Morgan fingerprint density at radius 1 is 1.03 bits per heavy atom. The largest absolute Gasteiger partial charge is 0.469 e. The Labute approximate surface area is 194 Å². The summed E-state index contributed by atoms with van der Waals surface area (Å²) in [7, 11) is 1.46. The standard InChI is InChI=1S/C28H46O4/c1-16-8-9-27-15-28(27)11-10-25(5)22(23(28)18(29)13-20(27)24(16,3)4)19(30)14-26(25,6)17(2)12-21(31)32-7/h16-20,22-23,29-30H,8-15H2,1-7H3/t16-,17-,18?,19?,20+,22?,23?,25+,26+,27-,28+/m1/s1. The van der Waals surface area contributed by atoms with Crippen molar-refractivity contribution in [3.63, 3.8) is 0 Å². The summed E-state index contributed by atoms with van der Waals surface area (Å²) in [6, 6.07) is 0. The Kier molecular flexibility index (Phi) is 4.88. The molecule has 5 aliphatic rings. The van der Waals surface area contributed by atoms with Crippen molar-refractivity contribution < 1.29 is 19.7 Å². The third-order valence-electron chi connectivity index (χ3n) is 13.2. The summed E-state index contributed by atoms with van der Waals surface area (Å²) in [4.78, 5) is 12.1. The number of hydrogen-bond donors (Lipinski definition) is 2. The number of aliphatic hydroxyl groups is 2. The van der Waals surface area contributed by atoms with Crippen LogP contribution in [-0.2, 0) is 9.53 Å². The Balaban J connectivity index is 1.51. The minimum absolute atomic E-state index is 0.0646. The number of carbonyl (C=O) groups is 1. The molecule has 4 unspecified atom stereocenters. The minimum Gasteiger partial charge on any atom is -0.469 e. The monoisotopic (exact) mass is 446 g/mol. The number of fused-ring (bicyclic) bond motifs is 2. The van der Waals surface area contributed by atoms with Gasteiger partial charge in [-0.3, -0.25) is 4.79 Å². The van der Waals surface area contributed by atoms with E-state index in [-0.39, 0.29) is 51.5 Å². The van der Waals surface area contributed by atoms with Crippen molar-refractivity contribution in [1.82, 2.24) is 0 Å². The predicted molar refractivity (Wildman–Crippen MR) is 125 cm³/mol. The van der Waals surface area contributed by atoms with E-state index < -0.39 is 6.10 Å². The lowest BCUT2D eigenvalue weighted by Crippen LogP contribution is -2.59. The van der Waals surface area contributed by atoms with E-state index >= 15 is 0 Å². The fourth-order valence-corrected chi connectivity index (χ4v) is 10.7. The quantitative estimate of drug-likeness (QED) is 0.585. The zero-order valence-corrected chi connectivity index (χ0v) is 21.4. The average molecular weight is 447 g/mol. The van der Waals surface area contributed by atoms with Gasteiger partial charge in [-0.25, -0.2) is 0 Å². The van der Waals surface area contributed by atoms with Crippen molar-refractivity contribution in [3.8, 4) is 0 Å². The Bertz CT molecular complexity index is 807. The molecule has 182 valence electrons. The van der Waals surface area contributed by atoms with E-state index in [2.05, 4.69) is 41.5 Å². The third-order valence-corrected chi connectivity index (χ3v) is 13.2. The fourth-order valence-electron chi connectivity index (χ4n) is 10.7. The zero-order valence-electron chi connectivity index (χ0n) is 21.4. The molecule has 2 spiro atoms. The molecular weight excluding hydrogens is 400 g/mol. The Morgan fingerprint density at radius 2 is 1.72 bits per heavy atom. The lowest BCUT2D eigenvalue weighted by Gasteiger charge is -2.62. The lowest BCUT2D eigenvalue weighted by atomic mass is 9.43. The van der Waals surface area contributed by atoms with E-state index in [0.29, 0.717) is 23.7 Å². The molecular formula is C28H46O4. The summed E-state index contributed by atoms with van der Waals surface area (Å²) >= 11 is 0. The molecule has 5 saturated carbocycles. The molecule has 4 heteroatoms. The Morgan fingerprint density at radius 3 is 2.38 bits per heavy atom. The van der Waals surface area contributed by atoms with Gasteiger partial charge in [0.2, 0.25) is 0 Å². The molecule has 0 aromatic heterocycles. The van der Waals surface area contributed by atoms with Crippen LogP contribution < -0.4 is 0 Å². The molecule has 11 atom stereocenters. The van der Waals surface area contributed by atoms with E-state index in [0.717, 1.165) is 19.3 Å². The van der Waals surface area contributed by atoms with Crippen molar-refractivity contribution in [2.24, 2.45) is 56.7 Å². The molecule has 5 fully saturated rings. The number of rotatable bonds is 3. The van der Waals surface area contributed by atoms with Crippen LogP contribution in [0.3, 0.4) is 0 Å². The summed E-state index contributed by atoms with van der Waals surface area (Å²) in [6.07, 6.45) is 7.45. The normalized spacial score (nSPS) is 56.3. The van der Waals surface area contributed by atoms with Gasteiger partial charge in [0.25, 0.3) is 0 Å². The maximum absolute atomic E-state index is 12.1. The van der Waals surface area contributed by atoms with Crippen molar-refractivity contribution >= 4 is 5.97 Å². The van der Waals surface area contributed by atoms with Gasteiger partial charge in [-0.15, -0.1) is 0 Å². The van der Waals surface area contributed by atoms with Crippen LogP contribution in [0.15, 0.2) is 0 Å². The second-order valence-corrected chi connectivity index (χ2v) is 13.9. The number of ether oxygens (including phenoxy) is 1. The summed E-state index contributed by atoms with van der Waals surface area (Å²) < 4.78 is 4.99. The molecule has 0 aromatic rings. The van der Waals surface area contributed by atoms with Gasteiger partial charge in [0.05, 0.1) is 19.3 Å². The van der Waals surface area contributed by atoms with Gasteiger partial charge in [-0.1, -0.05) is 41.5 Å². The van der Waals surface area contributed by atoms with E-state index in [1.165, 1.54) is 32.8 Å². The molecule has 2 N–H and O–H groups in total. The van der Waals surface area contributed by atoms with Crippen LogP contribution in [0.5, 0.6) is 0 Å². The van der Waals surface area contributed by atoms with Gasteiger partial charge in [0, 0.05) is 6.42 Å². The molecule has 0 saturated heterocycles. The topological polar surface area (TPSA) is 66.8 Å². The van der Waals surface area contributed by atoms with Crippen LogP contribution in [-0.4, -0.2) is 35.5 Å². The summed E-state index contributed by atoms with van der Waals surface area (Å²) in [5.41, 5.74) is 0.669. The second kappa shape index (κ2) is 6.74. The maximum atomic E-state index is 12.1. The van der Waals surface area contributed by atoms with Crippen molar-refractivity contribution in [3.05, 3.63) is 0 Å². The number of carbonyl (C=O) groups excluding carboxylic acids is 1. The van der Waals surface area contributed by atoms with Crippen LogP contribution in [0.25, 0.3) is 0 Å². The molecule has 0 amide bonds. The highest BCUT2D eigenvalue weighted by Crippen LogP contribution is 2.88. The number of esters is 1. The van der Waals surface area contributed by atoms with Gasteiger partial charge < -0.3 is 14.9 Å². The summed E-state index contributed by atoms with van der Waals surface area (Å²) in [6.45, 7) is 14.1. The number of aliphatic hydroxyl groups excluding tert-OH is 2. The lowest BCUT2D eigenvalue weighted by molar-refractivity contribution is -0.180. The summed E-state index contributed by atoms with van der Waals surface area (Å²) in [5, 5.41) is 23.3. The molecule has 5 aliphatic carbocycles. The number of methoxy groups -OCH3 is 1. The third kappa shape index (κ3) is 2.50. The van der Waals surface area contributed by atoms with Crippen molar-refractivity contribution in [2.75, 3.05) is 7.11 Å². The minimum atomic E-state index is -0.397. The molecule has 0 aliphatic heterocycles. The molecule has 5 rings (SSSR count). The first kappa shape index (κ1) is 23.1. The van der Waals surface area contributed by atoms with Gasteiger partial charge >= 0.3 is 5.97 Å². The van der Waals surface area contributed by atoms with Gasteiger partial charge in [0.15, 0.2) is 0 Å². The van der Waals surface area contributed by atoms with Crippen LogP contribution >= 0.6 is 0 Å². The van der Waals surface area contributed by atoms with Crippen molar-refractivity contribution in [2.45, 2.75) is 105 Å². The molecule has 0 heterocycles. The second-order valence-electron chi connectivity index (χ2n) is 13.9. The predicted octanol–water partition coefficient (Wildman–Crippen LogP) is 5.20. The van der Waals surface area contributed by atoms with Gasteiger partial charge in [-0.05, 0) is 102 Å². The SMILES string of the molecule is COC(=O)C[C@@H](C)[C@]1(C)CC(O)C2C3C(O)C[C@H]4C(C)(C)[C@H](C)CC[C@@]45C[C@@]35CC[C@@]21C. The smallest absolute Gasteiger partial charge is 0.305 e. The van der Waals surface area contributed by atoms with Crippen LogP contribution in [0.4, 0.5) is 0 Å². The maximum Gasteiger partial charge on any atom is 0.305 e. The fraction of sp³-hybridized carbons (Fsp3) is 0.964. The molecule has 0 aromatic carbocycles. The van der Waals surface area contributed by atoms with E-state index in [1.54, 1.807) is 0 Å².